The largest absolute Gasteiger partial charge is 0.495 e. The SMILES string of the molecule is COc1ccc(C(=O)N2CCC(OC(CO)CN3CCC(Oc4ccc(-c5cc6c(-c7cc(F)cc(CC(=O)c8ccc(C(C)(C)O)cc8F)c7C)ncnc6[nH]5)cc4)CC3)CC2)cc1N1CCC(=O)NC1=O. The van der Waals surface area contributed by atoms with Crippen LogP contribution in [0.1, 0.15) is 83.4 Å². The van der Waals surface area contributed by atoms with Gasteiger partial charge in [-0.25, -0.2) is 23.5 Å². The number of nitrogens with one attached hydrogen (secondary N) is 2. The number of amides is 4. The van der Waals surface area contributed by atoms with Crippen molar-refractivity contribution < 1.29 is 52.4 Å². The maximum atomic E-state index is 15.3. The lowest BCUT2D eigenvalue weighted by Crippen LogP contribution is -2.49. The molecule has 0 spiro atoms. The molecule has 2 aromatic heterocycles. The van der Waals surface area contributed by atoms with Gasteiger partial charge in [-0.3, -0.25) is 24.6 Å². The fourth-order valence-corrected chi connectivity index (χ4v) is 9.89. The van der Waals surface area contributed by atoms with Crippen molar-refractivity contribution >= 4 is 40.3 Å². The number of ketones is 1. The molecule has 18 heteroatoms. The van der Waals surface area contributed by atoms with E-state index < -0.39 is 29.0 Å². The van der Waals surface area contributed by atoms with Crippen molar-refractivity contribution in [1.29, 1.82) is 0 Å². The van der Waals surface area contributed by atoms with Gasteiger partial charge in [-0.1, -0.05) is 6.07 Å². The topological polar surface area (TPSA) is 200 Å². The Balaban J connectivity index is 0.760. The first kappa shape index (κ1) is 50.8. The van der Waals surface area contributed by atoms with Crippen LogP contribution in [0.15, 0.2) is 85.2 Å². The number of carbonyl (C=O) groups is 4. The number of ether oxygens (including phenoxy) is 3. The number of imide groups is 1. The predicted octanol–water partition coefficient (Wildman–Crippen LogP) is 7.51. The number of methoxy groups -OCH3 is 1. The molecule has 4 N–H and O–H groups in total. The number of piperidine rings is 2. The van der Waals surface area contributed by atoms with Gasteiger partial charge in [0.05, 0.1) is 48.5 Å². The number of halogens is 2. The number of urea groups is 1. The van der Waals surface area contributed by atoms with E-state index in [9.17, 15) is 29.4 Å². The Kier molecular flexibility index (Phi) is 15.0. The minimum absolute atomic E-state index is 0.000653. The average molecular weight is 1000 g/mol. The minimum atomic E-state index is -1.28. The molecule has 3 aliphatic rings. The zero-order chi connectivity index (χ0) is 51.6. The Bertz CT molecular complexity index is 3030. The molecule has 0 bridgehead atoms. The van der Waals surface area contributed by atoms with E-state index in [0.29, 0.717) is 88.5 Å². The molecule has 9 rings (SSSR count). The lowest BCUT2D eigenvalue weighted by molar-refractivity contribution is -0.120. The quantitative estimate of drug-likeness (QED) is 0.0697. The normalized spacial score (nSPS) is 16.7. The Morgan fingerprint density at radius 1 is 0.890 bits per heavy atom. The van der Waals surface area contributed by atoms with Crippen molar-refractivity contribution in [2.24, 2.45) is 0 Å². The van der Waals surface area contributed by atoms with Gasteiger partial charge < -0.3 is 39.2 Å². The number of fused-ring (bicyclic) bond motifs is 1. The minimum Gasteiger partial charge on any atom is -0.495 e. The molecule has 3 fully saturated rings. The number of Topliss-reactive ketones (excluding diaryl/α,β-unsaturated/α-hetero) is 1. The molecule has 0 saturated carbocycles. The van der Waals surface area contributed by atoms with Crippen LogP contribution in [0.2, 0.25) is 0 Å². The van der Waals surface area contributed by atoms with Crippen LogP contribution in [0.3, 0.4) is 0 Å². The van der Waals surface area contributed by atoms with E-state index in [4.69, 9.17) is 14.2 Å². The zero-order valence-corrected chi connectivity index (χ0v) is 41.3. The third-order valence-electron chi connectivity index (χ3n) is 14.0. The number of hydrogen-bond acceptors (Lipinski definition) is 12. The zero-order valence-electron chi connectivity index (χ0n) is 41.3. The van der Waals surface area contributed by atoms with E-state index in [-0.39, 0.29) is 61.7 Å². The molecule has 0 radical (unpaired) electrons. The Morgan fingerprint density at radius 3 is 2.32 bits per heavy atom. The van der Waals surface area contributed by atoms with E-state index in [1.807, 2.05) is 30.3 Å². The van der Waals surface area contributed by atoms with E-state index in [1.54, 1.807) is 30.0 Å². The fourth-order valence-electron chi connectivity index (χ4n) is 9.89. The molecule has 4 aromatic carbocycles. The summed E-state index contributed by atoms with van der Waals surface area (Å²) < 4.78 is 48.6. The highest BCUT2D eigenvalue weighted by molar-refractivity contribution is 6.07. The van der Waals surface area contributed by atoms with Gasteiger partial charge in [0.15, 0.2) is 5.78 Å². The number of rotatable bonds is 16. The van der Waals surface area contributed by atoms with Crippen LogP contribution in [0, 0.1) is 18.6 Å². The second kappa shape index (κ2) is 21.5. The lowest BCUT2D eigenvalue weighted by atomic mass is 9.92. The number of aliphatic hydroxyl groups excluding tert-OH is 1. The Hall–Kier alpha value is -7.12. The van der Waals surface area contributed by atoms with Crippen molar-refractivity contribution in [3.8, 4) is 34.0 Å². The van der Waals surface area contributed by atoms with Crippen molar-refractivity contribution in [1.82, 2.24) is 30.1 Å². The van der Waals surface area contributed by atoms with Crippen molar-refractivity contribution in [2.75, 3.05) is 57.9 Å². The molecule has 1 unspecified atom stereocenters. The molecule has 73 heavy (non-hydrogen) atoms. The summed E-state index contributed by atoms with van der Waals surface area (Å²) in [5, 5.41) is 23.6. The van der Waals surface area contributed by atoms with Crippen LogP contribution in [0.4, 0.5) is 19.3 Å². The molecule has 16 nitrogen and oxygen atoms in total. The van der Waals surface area contributed by atoms with Crippen LogP contribution in [0.25, 0.3) is 33.5 Å². The van der Waals surface area contributed by atoms with E-state index >= 15 is 8.78 Å². The van der Waals surface area contributed by atoms with Gasteiger partial charge in [-0.2, -0.15) is 0 Å². The average Bonchev–Trinajstić information content (AvgIpc) is 3.82. The van der Waals surface area contributed by atoms with E-state index in [2.05, 4.69) is 25.2 Å². The summed E-state index contributed by atoms with van der Waals surface area (Å²) in [4.78, 5) is 69.0. The number of benzene rings is 4. The number of aliphatic hydroxyl groups is 2. The standard InChI is InChI=1S/C55H59F2N7O9/c1-32-35(25-48(66)42-11-8-36(26-45(42)57)55(2,3)70)23-37(56)27-43(32)51-44-28-46(60-52(44)59-31-58-51)33-5-9-38(10-6-33)72-39-13-18-62(19-14-39)29-41(30-65)73-40-15-20-63(21-16-40)53(68)34-7-12-49(71-4)47(24-34)64-22-17-50(67)61-54(64)69/h5-12,23-24,26-28,31,39-41,65,70H,13-22,25,29-30H2,1-4H3,(H,58,59,60)(H,61,67,69). The van der Waals surface area contributed by atoms with Crippen molar-refractivity contribution in [2.45, 2.75) is 83.2 Å². The number of likely N-dealkylation sites (tertiary alicyclic amines) is 2. The summed E-state index contributed by atoms with van der Waals surface area (Å²) in [5.74, 6) is -1.22. The highest BCUT2D eigenvalue weighted by atomic mass is 19.1. The van der Waals surface area contributed by atoms with Gasteiger partial charge in [-0.15, -0.1) is 0 Å². The first-order valence-electron chi connectivity index (χ1n) is 24.6. The summed E-state index contributed by atoms with van der Waals surface area (Å²) in [6.07, 6.45) is 3.60. The van der Waals surface area contributed by atoms with Crippen LogP contribution in [-0.4, -0.2) is 130 Å². The van der Waals surface area contributed by atoms with Crippen molar-refractivity contribution in [3.05, 3.63) is 125 Å². The number of H-pyrrole nitrogens is 1. The second-order valence-corrected chi connectivity index (χ2v) is 19.5. The number of nitrogens with zero attached hydrogens (tertiary/aromatic N) is 5. The van der Waals surface area contributed by atoms with Gasteiger partial charge in [0.2, 0.25) is 5.91 Å². The van der Waals surface area contributed by atoms with Crippen LogP contribution >= 0.6 is 0 Å². The first-order chi connectivity index (χ1) is 35.0. The maximum absolute atomic E-state index is 15.3. The summed E-state index contributed by atoms with van der Waals surface area (Å²) >= 11 is 0. The predicted molar refractivity (Wildman–Crippen MR) is 269 cm³/mol. The molecule has 3 aliphatic heterocycles. The number of hydrogen-bond donors (Lipinski definition) is 4. The molecule has 1 atom stereocenters. The first-order valence-corrected chi connectivity index (χ1v) is 24.6. The summed E-state index contributed by atoms with van der Waals surface area (Å²) in [7, 11) is 1.48. The van der Waals surface area contributed by atoms with Gasteiger partial charge in [-0.05, 0) is 142 Å². The molecule has 5 heterocycles. The fraction of sp³-hybridized carbons (Fsp3) is 0.382. The van der Waals surface area contributed by atoms with Crippen LogP contribution in [-0.2, 0) is 21.6 Å². The molecule has 0 aliphatic carbocycles. The highest BCUT2D eigenvalue weighted by Gasteiger charge is 2.31. The number of carbonyl (C=O) groups excluding carboxylic acids is 4. The summed E-state index contributed by atoms with van der Waals surface area (Å²) in [6, 6.07) is 20.7. The van der Waals surface area contributed by atoms with Gasteiger partial charge in [0, 0.05) is 74.3 Å². The van der Waals surface area contributed by atoms with E-state index in [0.717, 1.165) is 49.0 Å². The maximum Gasteiger partial charge on any atom is 0.328 e. The molecule has 382 valence electrons. The number of aromatic amines is 1. The van der Waals surface area contributed by atoms with Gasteiger partial charge in [0.25, 0.3) is 5.91 Å². The second-order valence-electron chi connectivity index (χ2n) is 19.5. The van der Waals surface area contributed by atoms with Crippen LogP contribution < -0.4 is 19.7 Å². The van der Waals surface area contributed by atoms with E-state index in [1.165, 1.54) is 56.4 Å². The Morgan fingerprint density at radius 2 is 1.63 bits per heavy atom. The Labute approximate surface area is 421 Å². The summed E-state index contributed by atoms with van der Waals surface area (Å²) in [5.41, 5.74) is 3.90. The van der Waals surface area contributed by atoms with Crippen LogP contribution in [0.5, 0.6) is 11.5 Å². The summed E-state index contributed by atoms with van der Waals surface area (Å²) in [6.45, 7) is 7.95. The lowest BCUT2D eigenvalue weighted by Gasteiger charge is -2.37. The highest BCUT2D eigenvalue weighted by Crippen LogP contribution is 2.36. The number of anilines is 1. The van der Waals surface area contributed by atoms with Gasteiger partial charge in [0.1, 0.15) is 41.2 Å². The third kappa shape index (κ3) is 11.4. The molecular formula is C55H59F2N7O9. The smallest absolute Gasteiger partial charge is 0.328 e. The molecule has 3 saturated heterocycles. The van der Waals surface area contributed by atoms with Crippen molar-refractivity contribution in [3.63, 3.8) is 0 Å². The van der Waals surface area contributed by atoms with Gasteiger partial charge >= 0.3 is 6.03 Å². The number of aromatic nitrogens is 3. The third-order valence-corrected chi connectivity index (χ3v) is 14.0. The monoisotopic (exact) mass is 999 g/mol. The molecular weight excluding hydrogens is 941 g/mol. The molecule has 6 aromatic rings. The molecule has 4 amide bonds.